The van der Waals surface area contributed by atoms with Crippen molar-refractivity contribution in [3.63, 3.8) is 0 Å². The molecule has 3 aromatic rings. The Labute approximate surface area is 154 Å². The van der Waals surface area contributed by atoms with Gasteiger partial charge in [-0.25, -0.2) is 24.9 Å². The fourth-order valence-corrected chi connectivity index (χ4v) is 2.87. The number of carboxylic acid groups (broad SMARTS) is 1. The Bertz CT molecular complexity index is 1000. The number of aromatic nitrogens is 3. The fraction of sp³-hybridized carbons (Fsp3) is 0.294. The number of nitrogens with two attached hydrogens (primary N) is 1. The van der Waals surface area contributed by atoms with Gasteiger partial charge in [0.05, 0.1) is 11.0 Å². The van der Waals surface area contributed by atoms with E-state index in [0.717, 1.165) is 16.4 Å². The van der Waals surface area contributed by atoms with Crippen LogP contribution in [0.4, 0.5) is 15.4 Å². The van der Waals surface area contributed by atoms with E-state index >= 15 is 0 Å². The largest absolute Gasteiger partial charge is 0.465 e. The molecule has 0 saturated heterocycles. The predicted octanol–water partition coefficient (Wildman–Crippen LogP) is 1.68. The van der Waals surface area contributed by atoms with Crippen LogP contribution < -0.4 is 16.4 Å². The number of hydrogen-bond donors (Lipinski definition) is 4. The first-order valence-electron chi connectivity index (χ1n) is 8.40. The molecule has 0 aliphatic heterocycles. The molecule has 3 amide bonds. The number of nitrogens with zero attached hydrogens (tertiary/aromatic N) is 3. The quantitative estimate of drug-likeness (QED) is 0.515. The van der Waals surface area contributed by atoms with E-state index in [2.05, 4.69) is 15.3 Å². The molecular formula is C17H20N6O4. The highest BCUT2D eigenvalue weighted by molar-refractivity contribution is 6.06. The lowest BCUT2D eigenvalue weighted by atomic mass is 10.2. The minimum atomic E-state index is -1.41. The number of benzene rings is 1. The molecule has 0 spiro atoms. The number of carbonyl (C=O) groups excluding carboxylic acids is 1. The SMILES string of the molecule is CCOCc1nc2c(N)nc3ccccc3c2n1CCNC(=O)NC(=O)O. The molecule has 0 unspecified atom stereocenters. The van der Waals surface area contributed by atoms with Gasteiger partial charge in [0, 0.05) is 25.1 Å². The Morgan fingerprint density at radius 1 is 1.30 bits per heavy atom. The third-order valence-corrected chi connectivity index (χ3v) is 3.97. The number of anilines is 1. The number of carbonyl (C=O) groups is 2. The van der Waals surface area contributed by atoms with Gasteiger partial charge < -0.3 is 25.5 Å². The lowest BCUT2D eigenvalue weighted by Crippen LogP contribution is -2.40. The van der Waals surface area contributed by atoms with E-state index in [0.29, 0.717) is 30.3 Å². The number of hydrogen-bond acceptors (Lipinski definition) is 6. The summed E-state index contributed by atoms with van der Waals surface area (Å²) in [5.74, 6) is 0.967. The van der Waals surface area contributed by atoms with Crippen LogP contribution in [-0.4, -0.2) is 44.9 Å². The van der Waals surface area contributed by atoms with Crippen LogP contribution in [0.2, 0.25) is 0 Å². The Kier molecular flexibility index (Phi) is 5.36. The summed E-state index contributed by atoms with van der Waals surface area (Å²) in [5.41, 5.74) is 8.20. The average molecular weight is 372 g/mol. The van der Waals surface area contributed by atoms with Crippen molar-refractivity contribution in [2.24, 2.45) is 0 Å². The van der Waals surface area contributed by atoms with Gasteiger partial charge in [-0.05, 0) is 13.0 Å². The van der Waals surface area contributed by atoms with Gasteiger partial charge in [0.25, 0.3) is 0 Å². The number of para-hydroxylation sites is 1. The second kappa shape index (κ2) is 7.87. The Balaban J connectivity index is 1.99. The summed E-state index contributed by atoms with van der Waals surface area (Å²) in [7, 11) is 0. The van der Waals surface area contributed by atoms with Crippen molar-refractivity contribution in [1.29, 1.82) is 0 Å². The molecule has 142 valence electrons. The second-order valence-corrected chi connectivity index (χ2v) is 5.71. The van der Waals surface area contributed by atoms with E-state index < -0.39 is 12.1 Å². The molecule has 0 aliphatic rings. The number of nitrogens with one attached hydrogen (secondary N) is 2. The number of nitrogen functional groups attached to an aromatic ring is 1. The zero-order valence-corrected chi connectivity index (χ0v) is 14.7. The number of amides is 3. The summed E-state index contributed by atoms with van der Waals surface area (Å²) in [4.78, 5) is 31.0. The van der Waals surface area contributed by atoms with Gasteiger partial charge >= 0.3 is 12.1 Å². The molecule has 0 radical (unpaired) electrons. The molecular weight excluding hydrogens is 352 g/mol. The molecule has 0 bridgehead atoms. The zero-order chi connectivity index (χ0) is 19.4. The molecule has 3 rings (SSSR count). The van der Waals surface area contributed by atoms with Crippen LogP contribution in [0.3, 0.4) is 0 Å². The third-order valence-electron chi connectivity index (χ3n) is 3.97. The van der Waals surface area contributed by atoms with Crippen LogP contribution in [0.15, 0.2) is 24.3 Å². The second-order valence-electron chi connectivity index (χ2n) is 5.71. The van der Waals surface area contributed by atoms with E-state index in [4.69, 9.17) is 15.6 Å². The van der Waals surface area contributed by atoms with Crippen molar-refractivity contribution in [2.75, 3.05) is 18.9 Å². The highest BCUT2D eigenvalue weighted by Crippen LogP contribution is 2.28. The van der Waals surface area contributed by atoms with Crippen LogP contribution in [0.25, 0.3) is 21.9 Å². The molecule has 2 aromatic heterocycles. The molecule has 10 nitrogen and oxygen atoms in total. The topological polar surface area (TPSA) is 144 Å². The summed E-state index contributed by atoms with van der Waals surface area (Å²) in [6.45, 7) is 3.24. The number of ether oxygens (including phenoxy) is 1. The molecule has 27 heavy (non-hydrogen) atoms. The molecule has 1 aromatic carbocycles. The average Bonchev–Trinajstić information content (AvgIpc) is 2.99. The number of fused-ring (bicyclic) bond motifs is 3. The molecule has 0 saturated carbocycles. The highest BCUT2D eigenvalue weighted by Gasteiger charge is 2.17. The maximum atomic E-state index is 11.5. The standard InChI is InChI=1S/C17H20N6O4/c1-2-27-9-12-21-13-14(10-5-3-4-6-11(10)20-15(13)18)23(12)8-7-19-16(24)22-17(25)26/h3-6H,2,7-9H2,1H3,(H2,18,20)(H,25,26)(H2,19,22,24). The fourth-order valence-electron chi connectivity index (χ4n) is 2.87. The summed E-state index contributed by atoms with van der Waals surface area (Å²) in [6, 6.07) is 6.78. The van der Waals surface area contributed by atoms with Crippen molar-refractivity contribution in [2.45, 2.75) is 20.1 Å². The highest BCUT2D eigenvalue weighted by atomic mass is 16.5. The van der Waals surface area contributed by atoms with Gasteiger partial charge in [-0.2, -0.15) is 0 Å². The maximum Gasteiger partial charge on any atom is 0.412 e. The number of imide groups is 1. The maximum absolute atomic E-state index is 11.5. The third kappa shape index (κ3) is 3.90. The van der Waals surface area contributed by atoms with Gasteiger partial charge in [-0.1, -0.05) is 18.2 Å². The van der Waals surface area contributed by atoms with Gasteiger partial charge in [-0.15, -0.1) is 0 Å². The van der Waals surface area contributed by atoms with Crippen LogP contribution in [0.5, 0.6) is 0 Å². The Morgan fingerprint density at radius 3 is 2.81 bits per heavy atom. The van der Waals surface area contributed by atoms with Crippen molar-refractivity contribution in [1.82, 2.24) is 25.2 Å². The van der Waals surface area contributed by atoms with E-state index in [1.54, 1.807) is 5.32 Å². The normalized spacial score (nSPS) is 11.0. The zero-order valence-electron chi connectivity index (χ0n) is 14.7. The lowest BCUT2D eigenvalue weighted by molar-refractivity contribution is 0.126. The predicted molar refractivity (Wildman–Crippen MR) is 99.3 cm³/mol. The Hall–Kier alpha value is -3.40. The first-order valence-corrected chi connectivity index (χ1v) is 8.40. The summed E-state index contributed by atoms with van der Waals surface area (Å²) in [5, 5.41) is 13.7. The van der Waals surface area contributed by atoms with Crippen LogP contribution in [0, 0.1) is 0 Å². The molecule has 5 N–H and O–H groups in total. The minimum absolute atomic E-state index is 0.195. The molecule has 2 heterocycles. The van der Waals surface area contributed by atoms with Gasteiger partial charge in [-0.3, -0.25) is 0 Å². The summed E-state index contributed by atoms with van der Waals surface area (Å²) < 4.78 is 7.41. The van der Waals surface area contributed by atoms with E-state index in [1.165, 1.54) is 0 Å². The van der Waals surface area contributed by atoms with Gasteiger partial charge in [0.1, 0.15) is 17.9 Å². The van der Waals surface area contributed by atoms with Crippen molar-refractivity contribution >= 4 is 39.9 Å². The summed E-state index contributed by atoms with van der Waals surface area (Å²) in [6.07, 6.45) is -1.41. The lowest BCUT2D eigenvalue weighted by Gasteiger charge is -2.11. The van der Waals surface area contributed by atoms with Gasteiger partial charge in [0.15, 0.2) is 5.82 Å². The summed E-state index contributed by atoms with van der Waals surface area (Å²) >= 11 is 0. The van der Waals surface area contributed by atoms with E-state index in [1.807, 2.05) is 35.8 Å². The van der Waals surface area contributed by atoms with Crippen LogP contribution in [-0.2, 0) is 17.9 Å². The molecule has 10 heteroatoms. The van der Waals surface area contributed by atoms with Crippen molar-refractivity contribution in [3.05, 3.63) is 30.1 Å². The first kappa shape index (κ1) is 18.4. The molecule has 0 atom stereocenters. The number of imidazole rings is 1. The van der Waals surface area contributed by atoms with Crippen LogP contribution in [0.1, 0.15) is 12.7 Å². The first-order chi connectivity index (χ1) is 13.0. The monoisotopic (exact) mass is 372 g/mol. The van der Waals surface area contributed by atoms with Crippen LogP contribution >= 0.6 is 0 Å². The Morgan fingerprint density at radius 2 is 2.07 bits per heavy atom. The van der Waals surface area contributed by atoms with Crippen molar-refractivity contribution < 1.29 is 19.4 Å². The minimum Gasteiger partial charge on any atom is -0.465 e. The number of rotatable bonds is 6. The molecule has 0 aliphatic carbocycles. The van der Waals surface area contributed by atoms with E-state index in [9.17, 15) is 9.59 Å². The number of pyridine rings is 1. The number of urea groups is 1. The van der Waals surface area contributed by atoms with Gasteiger partial charge in [0.2, 0.25) is 0 Å². The van der Waals surface area contributed by atoms with Crippen molar-refractivity contribution in [3.8, 4) is 0 Å². The smallest absolute Gasteiger partial charge is 0.412 e. The van der Waals surface area contributed by atoms with E-state index in [-0.39, 0.29) is 13.2 Å². The molecule has 0 fully saturated rings.